The predicted molar refractivity (Wildman–Crippen MR) is 29.6 cm³/mol. The van der Waals surface area contributed by atoms with Crippen LogP contribution in [0.4, 0.5) is 0 Å². The Morgan fingerprint density at radius 2 is 2.38 bits per heavy atom. The largest absolute Gasteiger partial charge is 1.00 e. The standard InChI is InChI=1S/C6H8N.HI/c1-7-5-3-2-4-6-7;/h2-3,6H,5H2,1H3;1H/q+1;/p-1. The summed E-state index contributed by atoms with van der Waals surface area (Å²) in [6.07, 6.45) is 8.89. The summed E-state index contributed by atoms with van der Waals surface area (Å²) in [6.45, 7) is 1.02. The molecule has 2 heteroatoms. The van der Waals surface area contributed by atoms with Crippen LogP contribution in [0.1, 0.15) is 0 Å². The minimum atomic E-state index is 0. The molecule has 0 aromatic carbocycles. The van der Waals surface area contributed by atoms with Crippen molar-refractivity contribution in [2.45, 2.75) is 0 Å². The van der Waals surface area contributed by atoms with E-state index in [0.717, 1.165) is 6.54 Å². The van der Waals surface area contributed by atoms with Crippen LogP contribution < -0.4 is 24.0 Å². The van der Waals surface area contributed by atoms with Crippen molar-refractivity contribution in [3.05, 3.63) is 24.4 Å². The highest BCUT2D eigenvalue weighted by Gasteiger charge is 1.96. The van der Waals surface area contributed by atoms with Gasteiger partial charge in [0.15, 0.2) is 6.08 Å². The Bertz CT molecular complexity index is 107. The molecular weight excluding hydrogens is 213 g/mol. The van der Waals surface area contributed by atoms with Gasteiger partial charge < -0.3 is 28.9 Å². The molecule has 1 rings (SSSR count). The Hall–Kier alpha value is -0.0800. The van der Waals surface area contributed by atoms with Crippen LogP contribution in [0.3, 0.4) is 0 Å². The van der Waals surface area contributed by atoms with Crippen molar-refractivity contribution >= 4 is 0 Å². The summed E-state index contributed by atoms with van der Waals surface area (Å²) >= 11 is 0. The van der Waals surface area contributed by atoms with E-state index in [0.29, 0.717) is 0 Å². The molecular formula is C6H8IN. The number of halogens is 1. The van der Waals surface area contributed by atoms with E-state index in [1.165, 1.54) is 0 Å². The summed E-state index contributed by atoms with van der Waals surface area (Å²) in [4.78, 5) is 2.07. The summed E-state index contributed by atoms with van der Waals surface area (Å²) in [5.41, 5.74) is 0. The third-order valence-electron chi connectivity index (χ3n) is 0.902. The molecule has 44 valence electrons. The maximum atomic E-state index is 2.95. The lowest BCUT2D eigenvalue weighted by Gasteiger charge is -2.04. The average molecular weight is 221 g/mol. The molecule has 8 heavy (non-hydrogen) atoms. The molecule has 0 saturated heterocycles. The fourth-order valence-corrected chi connectivity index (χ4v) is 0.510. The third kappa shape index (κ3) is 2.28. The number of hydrogen-bond acceptors (Lipinski definition) is 1. The van der Waals surface area contributed by atoms with E-state index < -0.39 is 0 Å². The Kier molecular flexibility index (Phi) is 3.83. The Morgan fingerprint density at radius 3 is 2.62 bits per heavy atom. The van der Waals surface area contributed by atoms with Gasteiger partial charge in [0.05, 0.1) is 6.08 Å². The van der Waals surface area contributed by atoms with Crippen LogP contribution in [-0.2, 0) is 0 Å². The molecule has 0 aromatic rings. The van der Waals surface area contributed by atoms with Crippen LogP contribution in [0.15, 0.2) is 18.4 Å². The van der Waals surface area contributed by atoms with Gasteiger partial charge in [0.2, 0.25) is 0 Å². The summed E-state index contributed by atoms with van der Waals surface area (Å²) < 4.78 is 0. The van der Waals surface area contributed by atoms with E-state index in [4.69, 9.17) is 0 Å². The molecule has 0 aromatic heterocycles. The normalized spacial score (nSPS) is 14.9. The van der Waals surface area contributed by atoms with Gasteiger partial charge in [0, 0.05) is 7.05 Å². The zero-order valence-electron chi connectivity index (χ0n) is 4.76. The molecule has 1 heterocycles. The van der Waals surface area contributed by atoms with E-state index in [-0.39, 0.29) is 24.0 Å². The molecule has 0 saturated carbocycles. The molecule has 0 radical (unpaired) electrons. The number of likely N-dealkylation sites (N-methyl/N-ethyl adjacent to an activating group) is 1. The Morgan fingerprint density at radius 1 is 1.62 bits per heavy atom. The lowest BCUT2D eigenvalue weighted by molar-refractivity contribution is -0.00000147. The summed E-state index contributed by atoms with van der Waals surface area (Å²) in [5.74, 6) is 0. The van der Waals surface area contributed by atoms with Gasteiger partial charge in [-0.1, -0.05) is 0 Å². The highest BCUT2D eigenvalue weighted by Crippen LogP contribution is 1.90. The molecule has 0 unspecified atom stereocenters. The summed E-state index contributed by atoms with van der Waals surface area (Å²) in [5, 5.41) is 0. The fraction of sp³-hybridized carbons (Fsp3) is 0.333. The van der Waals surface area contributed by atoms with Crippen LogP contribution in [0.25, 0.3) is 0 Å². The number of hydrogen-bond donors (Lipinski definition) is 0. The van der Waals surface area contributed by atoms with E-state index in [1.54, 1.807) is 0 Å². The van der Waals surface area contributed by atoms with Gasteiger partial charge in [-0.05, 0) is 0 Å². The van der Waals surface area contributed by atoms with Crippen LogP contribution in [0, 0.1) is 6.08 Å². The minimum Gasteiger partial charge on any atom is -1.00 e. The first-order valence-electron chi connectivity index (χ1n) is 2.34. The number of rotatable bonds is 0. The van der Waals surface area contributed by atoms with Crippen LogP contribution in [0.2, 0.25) is 0 Å². The van der Waals surface area contributed by atoms with Crippen LogP contribution in [0.5, 0.6) is 0 Å². The predicted octanol–water partition coefficient (Wildman–Crippen LogP) is -2.19. The molecule has 0 aliphatic carbocycles. The van der Waals surface area contributed by atoms with Crippen molar-refractivity contribution in [3.8, 4) is 0 Å². The molecule has 1 nitrogen and oxygen atoms in total. The highest BCUT2D eigenvalue weighted by molar-refractivity contribution is 5.01. The SMILES string of the molecule is CN1C=[C+]C=CC1.[I-]. The Labute approximate surface area is 67.1 Å². The maximum absolute atomic E-state index is 2.95. The average Bonchev–Trinajstić information content (AvgIpc) is 1.69. The second-order valence-corrected chi connectivity index (χ2v) is 1.64. The zero-order chi connectivity index (χ0) is 5.11. The highest BCUT2D eigenvalue weighted by atomic mass is 127. The first-order valence-corrected chi connectivity index (χ1v) is 2.34. The molecule has 0 fully saturated rings. The lowest BCUT2D eigenvalue weighted by atomic mass is 10.4. The van der Waals surface area contributed by atoms with Gasteiger partial charge in [-0.15, -0.1) is 0 Å². The van der Waals surface area contributed by atoms with Gasteiger partial charge in [0.1, 0.15) is 18.8 Å². The molecule has 0 N–H and O–H groups in total. The molecule has 1 aliphatic heterocycles. The molecule has 0 bridgehead atoms. The quantitative estimate of drug-likeness (QED) is 0.332. The van der Waals surface area contributed by atoms with Crippen molar-refractivity contribution in [1.82, 2.24) is 4.90 Å². The summed E-state index contributed by atoms with van der Waals surface area (Å²) in [7, 11) is 2.02. The first-order chi connectivity index (χ1) is 3.39. The zero-order valence-corrected chi connectivity index (χ0v) is 6.92. The fourth-order valence-electron chi connectivity index (χ4n) is 0.510. The third-order valence-corrected chi connectivity index (χ3v) is 0.902. The molecule has 0 spiro atoms. The maximum Gasteiger partial charge on any atom is 0.158 e. The first kappa shape index (κ1) is 7.92. The van der Waals surface area contributed by atoms with E-state index >= 15 is 0 Å². The Balaban J connectivity index is 0.000000490. The summed E-state index contributed by atoms with van der Waals surface area (Å²) in [6, 6.07) is 0. The smallest absolute Gasteiger partial charge is 0.158 e. The van der Waals surface area contributed by atoms with Crippen molar-refractivity contribution in [2.75, 3.05) is 13.6 Å². The van der Waals surface area contributed by atoms with Crippen molar-refractivity contribution < 1.29 is 24.0 Å². The van der Waals surface area contributed by atoms with Crippen molar-refractivity contribution in [3.63, 3.8) is 0 Å². The van der Waals surface area contributed by atoms with Crippen LogP contribution >= 0.6 is 0 Å². The second-order valence-electron chi connectivity index (χ2n) is 1.64. The monoisotopic (exact) mass is 221 g/mol. The van der Waals surface area contributed by atoms with Crippen molar-refractivity contribution in [1.29, 1.82) is 0 Å². The van der Waals surface area contributed by atoms with Gasteiger partial charge in [-0.3, -0.25) is 0 Å². The van der Waals surface area contributed by atoms with Crippen LogP contribution in [-0.4, -0.2) is 18.5 Å². The van der Waals surface area contributed by atoms with Gasteiger partial charge in [-0.2, -0.15) is 0 Å². The lowest BCUT2D eigenvalue weighted by Crippen LogP contribution is -3.00. The van der Waals surface area contributed by atoms with Gasteiger partial charge >= 0.3 is 0 Å². The topological polar surface area (TPSA) is 3.24 Å². The van der Waals surface area contributed by atoms with E-state index in [2.05, 4.69) is 17.1 Å². The number of nitrogens with zero attached hydrogens (tertiary/aromatic N) is 1. The van der Waals surface area contributed by atoms with E-state index in [1.807, 2.05) is 19.3 Å². The van der Waals surface area contributed by atoms with Crippen molar-refractivity contribution in [2.24, 2.45) is 0 Å². The van der Waals surface area contributed by atoms with Gasteiger partial charge in [-0.25, -0.2) is 0 Å². The molecule has 0 amide bonds. The molecule has 0 atom stereocenters. The van der Waals surface area contributed by atoms with E-state index in [9.17, 15) is 0 Å². The number of allylic oxidation sites excluding steroid dienone is 2. The minimum absolute atomic E-state index is 0. The molecule has 1 aliphatic rings. The second kappa shape index (κ2) is 3.87. The van der Waals surface area contributed by atoms with Gasteiger partial charge in [0.25, 0.3) is 0 Å².